The number of rotatable bonds is 2. The third-order valence-electron chi connectivity index (χ3n) is 2.59. The van der Waals surface area contributed by atoms with Crippen LogP contribution < -0.4 is 5.32 Å². The Kier molecular flexibility index (Phi) is 3.08. The van der Waals surface area contributed by atoms with Gasteiger partial charge in [-0.1, -0.05) is 11.6 Å². The number of halogens is 1. The maximum atomic E-state index is 12.0. The highest BCUT2D eigenvalue weighted by Gasteiger charge is 2.10. The van der Waals surface area contributed by atoms with Crippen molar-refractivity contribution >= 4 is 34.3 Å². The maximum absolute atomic E-state index is 12.0. The van der Waals surface area contributed by atoms with Crippen molar-refractivity contribution in [2.45, 2.75) is 6.92 Å². The van der Waals surface area contributed by atoms with Gasteiger partial charge in [-0.15, -0.1) is 0 Å². The van der Waals surface area contributed by atoms with Gasteiger partial charge in [0.15, 0.2) is 11.5 Å². The van der Waals surface area contributed by atoms with Crippen LogP contribution in [0.2, 0.25) is 5.15 Å². The van der Waals surface area contributed by atoms with Crippen LogP contribution in [0.3, 0.4) is 0 Å². The third kappa shape index (κ3) is 2.46. The molecule has 0 atom stereocenters. The Morgan fingerprint density at radius 3 is 2.95 bits per heavy atom. The lowest BCUT2D eigenvalue weighted by Crippen LogP contribution is -2.14. The van der Waals surface area contributed by atoms with Crippen LogP contribution in [0.25, 0.3) is 11.1 Å². The number of anilines is 1. The van der Waals surface area contributed by atoms with E-state index in [0.29, 0.717) is 22.7 Å². The van der Waals surface area contributed by atoms with Gasteiger partial charge in [0, 0.05) is 12.6 Å². The standard InChI is InChI=1S/C13H9ClN4O2/c1-7-16-9-4-8(2-3-11(9)20-7)17-13(19)10-5-15-6-12(14)18-10/h2-6H,1H3,(H,17,19). The van der Waals surface area contributed by atoms with Gasteiger partial charge in [-0.2, -0.15) is 0 Å². The minimum atomic E-state index is -0.389. The van der Waals surface area contributed by atoms with Crippen LogP contribution in [-0.2, 0) is 0 Å². The molecule has 2 aromatic heterocycles. The van der Waals surface area contributed by atoms with E-state index >= 15 is 0 Å². The smallest absolute Gasteiger partial charge is 0.275 e. The van der Waals surface area contributed by atoms with Gasteiger partial charge in [-0.3, -0.25) is 9.78 Å². The van der Waals surface area contributed by atoms with Crippen LogP contribution in [0, 0.1) is 6.92 Å². The van der Waals surface area contributed by atoms with Crippen LogP contribution in [0.15, 0.2) is 35.0 Å². The summed E-state index contributed by atoms with van der Waals surface area (Å²) >= 11 is 5.70. The Labute approximate surface area is 118 Å². The summed E-state index contributed by atoms with van der Waals surface area (Å²) in [5, 5.41) is 2.87. The number of carbonyl (C=O) groups is 1. The van der Waals surface area contributed by atoms with Gasteiger partial charge in [0.1, 0.15) is 16.4 Å². The zero-order chi connectivity index (χ0) is 14.1. The molecule has 0 aliphatic heterocycles. The Balaban J connectivity index is 1.87. The van der Waals surface area contributed by atoms with Crippen LogP contribution in [-0.4, -0.2) is 20.9 Å². The monoisotopic (exact) mass is 288 g/mol. The molecule has 20 heavy (non-hydrogen) atoms. The summed E-state index contributed by atoms with van der Waals surface area (Å²) in [6, 6.07) is 5.19. The molecule has 3 rings (SSSR count). The highest BCUT2D eigenvalue weighted by Crippen LogP contribution is 2.20. The number of benzene rings is 1. The minimum Gasteiger partial charge on any atom is -0.441 e. The average molecular weight is 289 g/mol. The number of amides is 1. The van der Waals surface area contributed by atoms with Crippen molar-refractivity contribution in [3.05, 3.63) is 47.3 Å². The molecule has 0 saturated carbocycles. The molecule has 0 fully saturated rings. The summed E-state index contributed by atoms with van der Waals surface area (Å²) in [5.74, 6) is 0.184. The fourth-order valence-electron chi connectivity index (χ4n) is 1.77. The van der Waals surface area contributed by atoms with E-state index < -0.39 is 0 Å². The SMILES string of the molecule is Cc1nc2cc(NC(=O)c3cncc(Cl)n3)ccc2o1. The molecule has 100 valence electrons. The Hall–Kier alpha value is -2.47. The van der Waals surface area contributed by atoms with E-state index in [9.17, 15) is 4.79 Å². The molecule has 0 radical (unpaired) electrons. The molecule has 0 unspecified atom stereocenters. The third-order valence-corrected chi connectivity index (χ3v) is 2.77. The van der Waals surface area contributed by atoms with Gasteiger partial charge in [-0.05, 0) is 18.2 Å². The average Bonchev–Trinajstić information content (AvgIpc) is 2.78. The van der Waals surface area contributed by atoms with E-state index in [0.717, 1.165) is 0 Å². The topological polar surface area (TPSA) is 80.9 Å². The molecule has 0 saturated heterocycles. The van der Waals surface area contributed by atoms with Crippen molar-refractivity contribution in [3.8, 4) is 0 Å². The normalized spacial score (nSPS) is 10.7. The first-order chi connectivity index (χ1) is 9.61. The Morgan fingerprint density at radius 1 is 1.30 bits per heavy atom. The molecule has 1 N–H and O–H groups in total. The van der Waals surface area contributed by atoms with E-state index in [1.165, 1.54) is 12.4 Å². The number of nitrogens with one attached hydrogen (secondary N) is 1. The molecule has 0 spiro atoms. The maximum Gasteiger partial charge on any atom is 0.275 e. The van der Waals surface area contributed by atoms with Gasteiger partial charge >= 0.3 is 0 Å². The number of nitrogens with zero attached hydrogens (tertiary/aromatic N) is 3. The lowest BCUT2D eigenvalue weighted by Gasteiger charge is -2.04. The first kappa shape index (κ1) is 12.6. The Bertz CT molecular complexity index is 800. The van der Waals surface area contributed by atoms with Crippen molar-refractivity contribution in [2.75, 3.05) is 5.32 Å². The number of fused-ring (bicyclic) bond motifs is 1. The van der Waals surface area contributed by atoms with Gasteiger partial charge in [0.05, 0.1) is 12.4 Å². The lowest BCUT2D eigenvalue weighted by molar-refractivity contribution is 0.102. The number of oxazole rings is 1. The number of aromatic nitrogens is 3. The number of carbonyl (C=O) groups excluding carboxylic acids is 1. The molecule has 0 aliphatic carbocycles. The van der Waals surface area contributed by atoms with Gasteiger partial charge < -0.3 is 9.73 Å². The largest absolute Gasteiger partial charge is 0.441 e. The zero-order valence-electron chi connectivity index (χ0n) is 10.4. The minimum absolute atomic E-state index is 0.147. The molecule has 1 amide bonds. The highest BCUT2D eigenvalue weighted by molar-refractivity contribution is 6.29. The summed E-state index contributed by atoms with van der Waals surface area (Å²) in [7, 11) is 0. The van der Waals surface area contributed by atoms with Crippen LogP contribution in [0.5, 0.6) is 0 Å². The predicted octanol–water partition coefficient (Wildman–Crippen LogP) is 2.83. The highest BCUT2D eigenvalue weighted by atomic mass is 35.5. The summed E-state index contributed by atoms with van der Waals surface area (Å²) in [6.07, 6.45) is 2.71. The zero-order valence-corrected chi connectivity index (χ0v) is 11.2. The number of aryl methyl sites for hydroxylation is 1. The molecular formula is C13H9ClN4O2. The molecule has 0 bridgehead atoms. The molecule has 0 aliphatic rings. The van der Waals surface area contributed by atoms with Crippen molar-refractivity contribution in [3.63, 3.8) is 0 Å². The van der Waals surface area contributed by atoms with E-state index in [2.05, 4.69) is 20.3 Å². The molecule has 7 heteroatoms. The molecular weight excluding hydrogens is 280 g/mol. The van der Waals surface area contributed by atoms with Crippen molar-refractivity contribution in [2.24, 2.45) is 0 Å². The van der Waals surface area contributed by atoms with E-state index in [4.69, 9.17) is 16.0 Å². The predicted molar refractivity (Wildman–Crippen MR) is 73.7 cm³/mol. The first-order valence-electron chi connectivity index (χ1n) is 5.78. The number of hydrogen-bond acceptors (Lipinski definition) is 5. The van der Waals surface area contributed by atoms with Crippen molar-refractivity contribution < 1.29 is 9.21 Å². The second kappa shape index (κ2) is 4.90. The van der Waals surface area contributed by atoms with Crippen LogP contribution >= 0.6 is 11.6 Å². The summed E-state index contributed by atoms with van der Waals surface area (Å²) < 4.78 is 5.36. The van der Waals surface area contributed by atoms with Gasteiger partial charge in [0.2, 0.25) is 0 Å². The van der Waals surface area contributed by atoms with Crippen molar-refractivity contribution in [1.29, 1.82) is 0 Å². The van der Waals surface area contributed by atoms with E-state index in [-0.39, 0.29) is 16.8 Å². The van der Waals surface area contributed by atoms with Crippen LogP contribution in [0.1, 0.15) is 16.4 Å². The summed E-state index contributed by atoms with van der Waals surface area (Å²) in [6.45, 7) is 1.76. The number of hydrogen-bond donors (Lipinski definition) is 1. The quantitative estimate of drug-likeness (QED) is 0.784. The summed E-state index contributed by atoms with van der Waals surface area (Å²) in [4.78, 5) is 23.9. The lowest BCUT2D eigenvalue weighted by atomic mass is 10.2. The second-order valence-electron chi connectivity index (χ2n) is 4.10. The van der Waals surface area contributed by atoms with E-state index in [1.54, 1.807) is 25.1 Å². The molecule has 6 nitrogen and oxygen atoms in total. The second-order valence-corrected chi connectivity index (χ2v) is 4.48. The Morgan fingerprint density at radius 2 is 2.15 bits per heavy atom. The van der Waals surface area contributed by atoms with Gasteiger partial charge in [-0.25, -0.2) is 9.97 Å². The summed E-state index contributed by atoms with van der Waals surface area (Å²) in [5.41, 5.74) is 2.09. The van der Waals surface area contributed by atoms with Gasteiger partial charge in [0.25, 0.3) is 5.91 Å². The van der Waals surface area contributed by atoms with Crippen molar-refractivity contribution in [1.82, 2.24) is 15.0 Å². The van der Waals surface area contributed by atoms with E-state index in [1.807, 2.05) is 0 Å². The molecule has 3 aromatic rings. The fraction of sp³-hybridized carbons (Fsp3) is 0.0769. The first-order valence-corrected chi connectivity index (χ1v) is 6.16. The molecule has 1 aromatic carbocycles. The molecule has 2 heterocycles. The van der Waals surface area contributed by atoms with Crippen LogP contribution in [0.4, 0.5) is 5.69 Å². The fourth-order valence-corrected chi connectivity index (χ4v) is 1.91.